The molecule has 1 aromatic rings. The lowest BCUT2D eigenvalue weighted by atomic mass is 9.89. The smallest absolute Gasteiger partial charge is 0.211 e. The Kier molecular flexibility index (Phi) is 3.97. The van der Waals surface area contributed by atoms with E-state index in [2.05, 4.69) is 9.98 Å². The molecule has 0 aromatic heterocycles. The summed E-state index contributed by atoms with van der Waals surface area (Å²) < 4.78 is 0. The van der Waals surface area contributed by atoms with E-state index >= 15 is 0 Å². The van der Waals surface area contributed by atoms with Crippen LogP contribution in [0.4, 0.5) is 0 Å². The number of hydrogen-bond donors (Lipinski definition) is 0. The molecule has 0 amide bonds. The molecule has 0 saturated carbocycles. The van der Waals surface area contributed by atoms with E-state index in [1.807, 2.05) is 33.8 Å². The van der Waals surface area contributed by atoms with Gasteiger partial charge in [-0.25, -0.2) is 9.59 Å². The number of hydrogen-bond acceptors (Lipinski definition) is 4. The highest BCUT2D eigenvalue weighted by atomic mass is 16.1. The molecule has 0 radical (unpaired) electrons. The van der Waals surface area contributed by atoms with Gasteiger partial charge in [0, 0.05) is 5.56 Å². The zero-order valence-electron chi connectivity index (χ0n) is 11.3. The first-order chi connectivity index (χ1) is 8.37. The Morgan fingerprint density at radius 3 is 1.89 bits per heavy atom. The summed E-state index contributed by atoms with van der Waals surface area (Å²) in [5.74, 6) is 0. The number of benzene rings is 1. The predicted octanol–water partition coefficient (Wildman–Crippen LogP) is 2.76. The monoisotopic (exact) mass is 244 g/mol. The molecular weight excluding hydrogens is 228 g/mol. The van der Waals surface area contributed by atoms with Crippen LogP contribution in [0.15, 0.2) is 16.1 Å². The van der Waals surface area contributed by atoms with Crippen molar-refractivity contribution in [3.8, 4) is 0 Å². The second-order valence-electron chi connectivity index (χ2n) is 4.54. The second-order valence-corrected chi connectivity index (χ2v) is 4.54. The molecule has 1 aromatic carbocycles. The number of nitrogens with zero attached hydrogens (tertiary/aromatic N) is 2. The van der Waals surface area contributed by atoms with Crippen LogP contribution in [-0.4, -0.2) is 12.2 Å². The topological polar surface area (TPSA) is 58.9 Å². The van der Waals surface area contributed by atoms with Gasteiger partial charge >= 0.3 is 0 Å². The molecule has 0 aliphatic carbocycles. The summed E-state index contributed by atoms with van der Waals surface area (Å²) in [6.07, 6.45) is 2.95. The lowest BCUT2D eigenvalue weighted by molar-refractivity contribution is 0.490. The first-order valence-corrected chi connectivity index (χ1v) is 5.63. The van der Waals surface area contributed by atoms with Gasteiger partial charge in [0.05, 0.1) is 0 Å². The van der Waals surface area contributed by atoms with E-state index < -0.39 is 5.66 Å². The highest BCUT2D eigenvalue weighted by Gasteiger charge is 2.28. The van der Waals surface area contributed by atoms with Crippen molar-refractivity contribution in [1.82, 2.24) is 0 Å². The van der Waals surface area contributed by atoms with Crippen LogP contribution in [0.3, 0.4) is 0 Å². The zero-order chi connectivity index (χ0) is 13.9. The Labute approximate surface area is 106 Å². The molecule has 0 fully saturated rings. The summed E-state index contributed by atoms with van der Waals surface area (Å²) in [4.78, 5) is 28.4. The molecule has 94 valence electrons. The summed E-state index contributed by atoms with van der Waals surface area (Å²) in [6.45, 7) is 9.53. The van der Waals surface area contributed by atoms with Crippen molar-refractivity contribution in [3.05, 3.63) is 33.9 Å². The van der Waals surface area contributed by atoms with E-state index in [-0.39, 0.29) is 0 Å². The molecule has 1 rings (SSSR count). The van der Waals surface area contributed by atoms with E-state index in [0.717, 1.165) is 22.3 Å². The average molecular weight is 244 g/mol. The molecule has 0 atom stereocenters. The van der Waals surface area contributed by atoms with Crippen molar-refractivity contribution < 1.29 is 9.59 Å². The molecule has 4 heteroatoms. The van der Waals surface area contributed by atoms with Gasteiger partial charge in [-0.3, -0.25) is 0 Å². The summed E-state index contributed by atoms with van der Waals surface area (Å²) in [5.41, 5.74) is 3.83. The van der Waals surface area contributed by atoms with Crippen molar-refractivity contribution in [2.45, 2.75) is 40.3 Å². The van der Waals surface area contributed by atoms with Crippen molar-refractivity contribution in [1.29, 1.82) is 0 Å². The van der Waals surface area contributed by atoms with Gasteiger partial charge in [-0.05, 0) is 56.9 Å². The molecule has 4 nitrogen and oxygen atoms in total. The number of rotatable bonds is 3. The third-order valence-corrected chi connectivity index (χ3v) is 3.52. The number of carbonyl (C=O) groups excluding carboxylic acids is 2. The largest absolute Gasteiger partial charge is 0.237 e. The maximum absolute atomic E-state index is 10.5. The van der Waals surface area contributed by atoms with Gasteiger partial charge in [0.2, 0.25) is 12.2 Å². The van der Waals surface area contributed by atoms with Crippen LogP contribution < -0.4 is 0 Å². The Morgan fingerprint density at radius 2 is 1.44 bits per heavy atom. The van der Waals surface area contributed by atoms with Crippen molar-refractivity contribution in [2.24, 2.45) is 9.98 Å². The molecule has 0 aliphatic rings. The van der Waals surface area contributed by atoms with E-state index in [9.17, 15) is 9.59 Å². The second kappa shape index (κ2) is 5.09. The van der Waals surface area contributed by atoms with E-state index in [4.69, 9.17) is 0 Å². The van der Waals surface area contributed by atoms with Crippen LogP contribution in [0.5, 0.6) is 0 Å². The SMILES string of the molecule is Cc1cc(C(C)(N=C=O)N=C=O)c(C)c(C)c1C. The van der Waals surface area contributed by atoms with Gasteiger partial charge in [0.15, 0.2) is 5.66 Å². The van der Waals surface area contributed by atoms with Gasteiger partial charge in [-0.2, -0.15) is 9.98 Å². The van der Waals surface area contributed by atoms with Gasteiger partial charge < -0.3 is 0 Å². The van der Waals surface area contributed by atoms with Crippen molar-refractivity contribution in [2.75, 3.05) is 0 Å². The first-order valence-electron chi connectivity index (χ1n) is 5.63. The lowest BCUT2D eigenvalue weighted by Crippen LogP contribution is -2.18. The van der Waals surface area contributed by atoms with Crippen LogP contribution in [-0.2, 0) is 15.3 Å². The van der Waals surface area contributed by atoms with Crippen molar-refractivity contribution >= 4 is 12.2 Å². The number of aliphatic imine (C=N–C) groups is 2. The maximum Gasteiger partial charge on any atom is 0.237 e. The highest BCUT2D eigenvalue weighted by Crippen LogP contribution is 2.33. The third kappa shape index (κ3) is 2.30. The minimum Gasteiger partial charge on any atom is -0.211 e. The van der Waals surface area contributed by atoms with E-state index in [1.165, 1.54) is 17.7 Å². The standard InChI is InChI=1S/C14H16N2O2/c1-9-6-13(12(4)11(3)10(9)2)14(5,15-7-17)16-8-18/h6H,1-5H3. The van der Waals surface area contributed by atoms with Crippen LogP contribution >= 0.6 is 0 Å². The Morgan fingerprint density at radius 1 is 0.944 bits per heavy atom. The predicted molar refractivity (Wildman–Crippen MR) is 69.0 cm³/mol. The molecule has 0 bridgehead atoms. The molecule has 0 heterocycles. The Bertz CT molecular complexity index is 560. The summed E-state index contributed by atoms with van der Waals surface area (Å²) in [5, 5.41) is 0. The van der Waals surface area contributed by atoms with Gasteiger partial charge in [0.25, 0.3) is 0 Å². The molecular formula is C14H16N2O2. The summed E-state index contributed by atoms with van der Waals surface area (Å²) in [6, 6.07) is 1.90. The van der Waals surface area contributed by atoms with Gasteiger partial charge in [-0.15, -0.1) is 0 Å². The van der Waals surface area contributed by atoms with Crippen LogP contribution in [0, 0.1) is 27.7 Å². The number of aryl methyl sites for hydroxylation is 1. The molecule has 0 saturated heterocycles. The average Bonchev–Trinajstić information content (AvgIpc) is 2.31. The molecule has 18 heavy (non-hydrogen) atoms. The number of isocyanates is 2. The zero-order valence-corrected chi connectivity index (χ0v) is 11.3. The van der Waals surface area contributed by atoms with Crippen molar-refractivity contribution in [3.63, 3.8) is 0 Å². The molecule has 0 spiro atoms. The minimum absolute atomic E-state index is 0.731. The first kappa shape index (κ1) is 14.0. The third-order valence-electron chi connectivity index (χ3n) is 3.52. The van der Waals surface area contributed by atoms with Gasteiger partial charge in [-0.1, -0.05) is 6.07 Å². The van der Waals surface area contributed by atoms with Crippen LogP contribution in [0.1, 0.15) is 34.7 Å². The summed E-state index contributed by atoms with van der Waals surface area (Å²) in [7, 11) is 0. The molecule has 0 aliphatic heterocycles. The summed E-state index contributed by atoms with van der Waals surface area (Å²) >= 11 is 0. The minimum atomic E-state index is -1.24. The van der Waals surface area contributed by atoms with E-state index in [1.54, 1.807) is 6.92 Å². The molecule has 0 unspecified atom stereocenters. The fourth-order valence-electron chi connectivity index (χ4n) is 2.03. The maximum atomic E-state index is 10.5. The highest BCUT2D eigenvalue weighted by molar-refractivity contribution is 5.50. The fourth-order valence-corrected chi connectivity index (χ4v) is 2.03. The Balaban J connectivity index is 3.67. The Hall–Kier alpha value is -2.02. The van der Waals surface area contributed by atoms with Crippen LogP contribution in [0.2, 0.25) is 0 Å². The lowest BCUT2D eigenvalue weighted by Gasteiger charge is -2.22. The van der Waals surface area contributed by atoms with Gasteiger partial charge in [0.1, 0.15) is 0 Å². The normalized spacial score (nSPS) is 13.2. The quantitative estimate of drug-likeness (QED) is 0.606. The van der Waals surface area contributed by atoms with Crippen LogP contribution in [0.25, 0.3) is 0 Å². The van der Waals surface area contributed by atoms with E-state index in [0.29, 0.717) is 0 Å². The molecule has 0 N–H and O–H groups in total. The fraction of sp³-hybridized carbons (Fsp3) is 0.429.